The van der Waals surface area contributed by atoms with E-state index in [2.05, 4.69) is 21.3 Å². The molecule has 0 saturated heterocycles. The summed E-state index contributed by atoms with van der Waals surface area (Å²) >= 11 is 5.15. The summed E-state index contributed by atoms with van der Waals surface area (Å²) in [6.45, 7) is 3.73. The van der Waals surface area contributed by atoms with Gasteiger partial charge in [0, 0.05) is 18.0 Å². The van der Waals surface area contributed by atoms with Crippen molar-refractivity contribution in [2.45, 2.75) is 58.4 Å². The largest absolute Gasteiger partial charge is 0.361 e. The molecule has 0 radical (unpaired) electrons. The summed E-state index contributed by atoms with van der Waals surface area (Å²) in [5.74, 6) is 0.664. The minimum Gasteiger partial charge on any atom is -0.361 e. The molecule has 1 saturated carbocycles. The number of thiocarbonyl (C=S) groups is 1. The van der Waals surface area contributed by atoms with E-state index >= 15 is 0 Å². The number of nitrogens with one attached hydrogen (secondary N) is 3. The molecule has 0 atom stereocenters. The smallest absolute Gasteiger partial charge is 0.238 e. The van der Waals surface area contributed by atoms with E-state index in [0.29, 0.717) is 24.0 Å². The average Bonchev–Trinajstić information content (AvgIpc) is 3.06. The van der Waals surface area contributed by atoms with E-state index < -0.39 is 0 Å². The molecule has 1 fully saturated rings. The van der Waals surface area contributed by atoms with Crippen LogP contribution in [0.25, 0.3) is 0 Å². The number of amides is 1. The lowest BCUT2D eigenvalue weighted by molar-refractivity contribution is -0.121. The fourth-order valence-electron chi connectivity index (χ4n) is 2.58. The average molecular weight is 310 g/mol. The standard InChI is InChI=1S/C14H22N4O2S/c1-9-12(10(2)20-18-9)7-8-13(19)16-17-14(21)15-11-5-3-4-6-11/h11H,3-8H2,1-2H3,(H,16,19)(H2,15,17,21). The summed E-state index contributed by atoms with van der Waals surface area (Å²) in [5.41, 5.74) is 7.20. The second-order valence-electron chi connectivity index (χ2n) is 5.43. The van der Waals surface area contributed by atoms with Gasteiger partial charge in [-0.15, -0.1) is 0 Å². The van der Waals surface area contributed by atoms with Crippen LogP contribution in [0.15, 0.2) is 4.52 Å². The first-order valence-electron chi connectivity index (χ1n) is 7.33. The lowest BCUT2D eigenvalue weighted by Gasteiger charge is -2.16. The van der Waals surface area contributed by atoms with Crippen molar-refractivity contribution in [1.29, 1.82) is 0 Å². The first-order valence-corrected chi connectivity index (χ1v) is 7.74. The van der Waals surface area contributed by atoms with Crippen LogP contribution in [0.4, 0.5) is 0 Å². The molecule has 0 aliphatic heterocycles. The van der Waals surface area contributed by atoms with E-state index in [9.17, 15) is 4.79 Å². The lowest BCUT2D eigenvalue weighted by atomic mass is 10.1. The van der Waals surface area contributed by atoms with Crippen molar-refractivity contribution in [3.05, 3.63) is 17.0 Å². The lowest BCUT2D eigenvalue weighted by Crippen LogP contribution is -2.49. The summed E-state index contributed by atoms with van der Waals surface area (Å²) < 4.78 is 5.07. The molecule has 0 bridgehead atoms. The number of aryl methyl sites for hydroxylation is 2. The fourth-order valence-corrected chi connectivity index (χ4v) is 2.80. The first-order chi connectivity index (χ1) is 10.1. The van der Waals surface area contributed by atoms with Crippen molar-refractivity contribution in [2.24, 2.45) is 0 Å². The number of carbonyl (C=O) groups is 1. The Labute approximate surface area is 130 Å². The molecule has 1 aliphatic rings. The highest BCUT2D eigenvalue weighted by atomic mass is 32.1. The summed E-state index contributed by atoms with van der Waals surface area (Å²) in [6.07, 6.45) is 5.73. The summed E-state index contributed by atoms with van der Waals surface area (Å²) in [6, 6.07) is 0.434. The van der Waals surface area contributed by atoms with Crippen LogP contribution in [-0.2, 0) is 11.2 Å². The van der Waals surface area contributed by atoms with Crippen molar-refractivity contribution in [3.63, 3.8) is 0 Å². The molecule has 0 unspecified atom stereocenters. The maximum atomic E-state index is 11.8. The van der Waals surface area contributed by atoms with Gasteiger partial charge in [-0.05, 0) is 45.3 Å². The Balaban J connectivity index is 1.66. The van der Waals surface area contributed by atoms with Crippen LogP contribution in [0.5, 0.6) is 0 Å². The third kappa shape index (κ3) is 4.70. The number of hydrazine groups is 1. The minimum absolute atomic E-state index is 0.106. The summed E-state index contributed by atoms with van der Waals surface area (Å²) in [4.78, 5) is 11.8. The van der Waals surface area contributed by atoms with Gasteiger partial charge in [0.1, 0.15) is 5.76 Å². The van der Waals surface area contributed by atoms with Crippen molar-refractivity contribution in [2.75, 3.05) is 0 Å². The van der Waals surface area contributed by atoms with E-state index in [4.69, 9.17) is 16.7 Å². The third-order valence-corrected chi connectivity index (χ3v) is 4.01. The van der Waals surface area contributed by atoms with Gasteiger partial charge in [-0.25, -0.2) is 0 Å². The molecule has 1 amide bonds. The number of aromatic nitrogens is 1. The molecular formula is C14H22N4O2S. The summed E-state index contributed by atoms with van der Waals surface area (Å²) in [5, 5.41) is 7.55. The fraction of sp³-hybridized carbons (Fsp3) is 0.643. The number of nitrogens with zero attached hydrogens (tertiary/aromatic N) is 1. The minimum atomic E-state index is -0.106. The van der Waals surface area contributed by atoms with E-state index in [0.717, 1.165) is 29.9 Å². The Morgan fingerprint density at radius 3 is 2.67 bits per heavy atom. The first kappa shape index (κ1) is 15.8. The Hall–Kier alpha value is -1.63. The van der Waals surface area contributed by atoms with Gasteiger partial charge in [-0.1, -0.05) is 18.0 Å². The predicted molar refractivity (Wildman–Crippen MR) is 83.6 cm³/mol. The molecule has 6 nitrogen and oxygen atoms in total. The zero-order valence-electron chi connectivity index (χ0n) is 12.5. The topological polar surface area (TPSA) is 79.2 Å². The van der Waals surface area contributed by atoms with E-state index in [1.54, 1.807) is 0 Å². The van der Waals surface area contributed by atoms with Gasteiger partial charge in [0.15, 0.2) is 5.11 Å². The number of hydrogen-bond donors (Lipinski definition) is 3. The molecular weight excluding hydrogens is 288 g/mol. The number of hydrogen-bond acceptors (Lipinski definition) is 4. The zero-order chi connectivity index (χ0) is 15.2. The van der Waals surface area contributed by atoms with E-state index in [1.165, 1.54) is 12.8 Å². The van der Waals surface area contributed by atoms with E-state index in [1.807, 2.05) is 13.8 Å². The Morgan fingerprint density at radius 1 is 1.33 bits per heavy atom. The Kier molecular flexibility index (Phi) is 5.55. The van der Waals surface area contributed by atoms with E-state index in [-0.39, 0.29) is 5.91 Å². The van der Waals surface area contributed by atoms with Crippen LogP contribution < -0.4 is 16.2 Å². The highest BCUT2D eigenvalue weighted by Gasteiger charge is 2.16. The van der Waals surface area contributed by atoms with Gasteiger partial charge in [0.2, 0.25) is 5.91 Å². The van der Waals surface area contributed by atoms with Gasteiger partial charge >= 0.3 is 0 Å². The maximum absolute atomic E-state index is 11.8. The van der Waals surface area contributed by atoms with Crippen LogP contribution >= 0.6 is 12.2 Å². The number of rotatable bonds is 4. The summed E-state index contributed by atoms with van der Waals surface area (Å²) in [7, 11) is 0. The molecule has 0 spiro atoms. The molecule has 1 aromatic heterocycles. The molecule has 3 N–H and O–H groups in total. The molecule has 21 heavy (non-hydrogen) atoms. The second-order valence-corrected chi connectivity index (χ2v) is 5.84. The molecule has 1 aliphatic carbocycles. The van der Waals surface area contributed by atoms with Crippen molar-refractivity contribution < 1.29 is 9.32 Å². The molecule has 2 rings (SSSR count). The number of carbonyl (C=O) groups excluding carboxylic acids is 1. The predicted octanol–water partition coefficient (Wildman–Crippen LogP) is 1.66. The second kappa shape index (κ2) is 7.40. The normalized spacial score (nSPS) is 15.0. The van der Waals surface area contributed by atoms with Gasteiger partial charge in [0.05, 0.1) is 5.69 Å². The van der Waals surface area contributed by atoms with Gasteiger partial charge in [-0.3, -0.25) is 15.6 Å². The molecule has 7 heteroatoms. The van der Waals surface area contributed by atoms with Gasteiger partial charge < -0.3 is 9.84 Å². The molecule has 116 valence electrons. The van der Waals surface area contributed by atoms with Crippen LogP contribution in [0.2, 0.25) is 0 Å². The van der Waals surface area contributed by atoms with Crippen molar-refractivity contribution in [1.82, 2.24) is 21.3 Å². The molecule has 0 aromatic carbocycles. The van der Waals surface area contributed by atoms with Gasteiger partial charge in [0.25, 0.3) is 0 Å². The van der Waals surface area contributed by atoms with Crippen LogP contribution in [0.1, 0.15) is 49.1 Å². The SMILES string of the molecule is Cc1noc(C)c1CCC(=O)NNC(=S)NC1CCCC1. The van der Waals surface area contributed by atoms with Crippen molar-refractivity contribution >= 4 is 23.2 Å². The third-order valence-electron chi connectivity index (χ3n) is 3.79. The quantitative estimate of drug-likeness (QED) is 0.580. The van der Waals surface area contributed by atoms with Crippen molar-refractivity contribution in [3.8, 4) is 0 Å². The van der Waals surface area contributed by atoms with Crippen LogP contribution in [0, 0.1) is 13.8 Å². The highest BCUT2D eigenvalue weighted by Crippen LogP contribution is 2.17. The highest BCUT2D eigenvalue weighted by molar-refractivity contribution is 7.80. The monoisotopic (exact) mass is 310 g/mol. The van der Waals surface area contributed by atoms with Crippen LogP contribution in [0.3, 0.4) is 0 Å². The molecule has 1 aromatic rings. The van der Waals surface area contributed by atoms with Crippen LogP contribution in [-0.4, -0.2) is 22.2 Å². The maximum Gasteiger partial charge on any atom is 0.238 e. The Bertz CT molecular complexity index is 490. The van der Waals surface area contributed by atoms with Gasteiger partial charge in [-0.2, -0.15) is 0 Å². The Morgan fingerprint density at radius 2 is 2.05 bits per heavy atom. The molecule has 1 heterocycles. The zero-order valence-corrected chi connectivity index (χ0v) is 13.3.